The van der Waals surface area contributed by atoms with E-state index in [1.165, 1.54) is 0 Å². The highest BCUT2D eigenvalue weighted by molar-refractivity contribution is 5.89. The summed E-state index contributed by atoms with van der Waals surface area (Å²) in [6.07, 6.45) is -4.25. The second-order valence-corrected chi connectivity index (χ2v) is 2.93. The first-order chi connectivity index (χ1) is 8.30. The molecular formula is C9H8F3NO5. The molecule has 9 heteroatoms. The lowest BCUT2D eigenvalue weighted by Gasteiger charge is -2.12. The van der Waals surface area contributed by atoms with Gasteiger partial charge in [0, 0.05) is 6.20 Å². The number of hydrogen-bond donors (Lipinski definition) is 1. The van der Waals surface area contributed by atoms with Crippen molar-refractivity contribution in [2.45, 2.75) is 6.36 Å². The summed E-state index contributed by atoms with van der Waals surface area (Å²) >= 11 is 0. The minimum absolute atomic E-state index is 0.496. The molecule has 1 aromatic rings. The van der Waals surface area contributed by atoms with Crippen LogP contribution >= 0.6 is 0 Å². The third-order valence-corrected chi connectivity index (χ3v) is 1.83. The molecule has 1 N–H and O–H groups in total. The third kappa shape index (κ3) is 2.93. The summed E-state index contributed by atoms with van der Waals surface area (Å²) in [5.74, 6) is -2.72. The molecule has 0 aliphatic carbocycles. The zero-order valence-electron chi connectivity index (χ0n) is 9.25. The minimum Gasteiger partial charge on any atom is -0.488 e. The first kappa shape index (κ1) is 13.9. The van der Waals surface area contributed by atoms with Crippen molar-refractivity contribution < 1.29 is 32.2 Å². The lowest BCUT2D eigenvalue weighted by molar-refractivity contribution is -0.276. The Bertz CT molecular complexity index is 508. The van der Waals surface area contributed by atoms with Crippen LogP contribution in [-0.2, 0) is 4.74 Å². The van der Waals surface area contributed by atoms with E-state index in [-0.39, 0.29) is 0 Å². The van der Waals surface area contributed by atoms with E-state index in [1.54, 1.807) is 0 Å². The number of pyridine rings is 1. The first-order valence-corrected chi connectivity index (χ1v) is 4.44. The number of aromatic nitrogens is 1. The van der Waals surface area contributed by atoms with Crippen molar-refractivity contribution in [3.05, 3.63) is 22.0 Å². The molecule has 0 saturated carbocycles. The number of esters is 1. The number of ether oxygens (including phenoxy) is 3. The lowest BCUT2D eigenvalue weighted by Crippen LogP contribution is -2.23. The van der Waals surface area contributed by atoms with Gasteiger partial charge in [0.15, 0.2) is 0 Å². The molecule has 0 bridgehead atoms. The molecular weight excluding hydrogens is 259 g/mol. The number of alkyl halides is 3. The van der Waals surface area contributed by atoms with Gasteiger partial charge in [-0.1, -0.05) is 0 Å². The van der Waals surface area contributed by atoms with Crippen molar-refractivity contribution in [1.82, 2.24) is 4.98 Å². The van der Waals surface area contributed by atoms with Crippen LogP contribution in [0.4, 0.5) is 13.2 Å². The Morgan fingerprint density at radius 3 is 2.39 bits per heavy atom. The highest BCUT2D eigenvalue weighted by atomic mass is 19.4. The second kappa shape index (κ2) is 4.98. The SMILES string of the molecule is COC(=O)c1c[nH]c(OC(F)(F)F)c(OC)c1=O. The number of rotatable bonds is 3. The van der Waals surface area contributed by atoms with Gasteiger partial charge in [-0.3, -0.25) is 4.79 Å². The quantitative estimate of drug-likeness (QED) is 0.829. The first-order valence-electron chi connectivity index (χ1n) is 4.44. The van der Waals surface area contributed by atoms with Crippen LogP contribution in [0.15, 0.2) is 11.0 Å². The number of methoxy groups -OCH3 is 2. The van der Waals surface area contributed by atoms with Crippen LogP contribution in [-0.4, -0.2) is 31.5 Å². The highest BCUT2D eigenvalue weighted by Crippen LogP contribution is 2.27. The van der Waals surface area contributed by atoms with E-state index >= 15 is 0 Å². The van der Waals surface area contributed by atoms with E-state index in [0.717, 1.165) is 20.4 Å². The van der Waals surface area contributed by atoms with E-state index < -0.39 is 35.0 Å². The standard InChI is InChI=1S/C9H8F3NO5/c1-16-6-5(14)4(8(15)17-2)3-13-7(6)18-9(10,11)12/h3H,1-2H3,(H,13,14). The van der Waals surface area contributed by atoms with Crippen LogP contribution in [0.1, 0.15) is 10.4 Å². The predicted molar refractivity (Wildman–Crippen MR) is 51.6 cm³/mol. The number of carbonyl (C=O) groups is 1. The second-order valence-electron chi connectivity index (χ2n) is 2.93. The minimum atomic E-state index is -5.00. The number of halogens is 3. The summed E-state index contributed by atoms with van der Waals surface area (Å²) < 4.78 is 48.4. The molecule has 0 aliphatic rings. The molecule has 0 aromatic carbocycles. The van der Waals surface area contributed by atoms with Gasteiger partial charge < -0.3 is 19.2 Å². The normalized spacial score (nSPS) is 10.9. The number of nitrogens with one attached hydrogen (secondary N) is 1. The van der Waals surface area contributed by atoms with Gasteiger partial charge in [-0.2, -0.15) is 0 Å². The number of carbonyl (C=O) groups excluding carboxylic acids is 1. The third-order valence-electron chi connectivity index (χ3n) is 1.83. The average molecular weight is 267 g/mol. The lowest BCUT2D eigenvalue weighted by atomic mass is 10.2. The molecule has 1 heterocycles. The maximum absolute atomic E-state index is 12.0. The molecule has 0 aliphatic heterocycles. The summed E-state index contributed by atoms with van der Waals surface area (Å²) in [4.78, 5) is 24.8. The predicted octanol–water partition coefficient (Wildman–Crippen LogP) is 1.07. The maximum Gasteiger partial charge on any atom is 0.574 e. The zero-order chi connectivity index (χ0) is 13.9. The Labute approximate surface area is 98.3 Å². The average Bonchev–Trinajstić information content (AvgIpc) is 2.26. The van der Waals surface area contributed by atoms with Crippen molar-refractivity contribution >= 4 is 5.97 Å². The molecule has 0 saturated heterocycles. The van der Waals surface area contributed by atoms with Gasteiger partial charge in [0.05, 0.1) is 14.2 Å². The fourth-order valence-electron chi connectivity index (χ4n) is 1.13. The van der Waals surface area contributed by atoms with E-state index in [4.69, 9.17) is 0 Å². The molecule has 100 valence electrons. The van der Waals surface area contributed by atoms with E-state index in [2.05, 4.69) is 14.2 Å². The zero-order valence-corrected chi connectivity index (χ0v) is 9.25. The summed E-state index contributed by atoms with van der Waals surface area (Å²) in [7, 11) is 1.99. The topological polar surface area (TPSA) is 77.6 Å². The Balaban J connectivity index is 3.30. The number of hydrogen-bond acceptors (Lipinski definition) is 5. The Morgan fingerprint density at radius 2 is 1.94 bits per heavy atom. The molecule has 0 radical (unpaired) electrons. The van der Waals surface area contributed by atoms with Crippen LogP contribution in [0.3, 0.4) is 0 Å². The van der Waals surface area contributed by atoms with Crippen LogP contribution in [0.2, 0.25) is 0 Å². The van der Waals surface area contributed by atoms with E-state index in [9.17, 15) is 22.8 Å². The monoisotopic (exact) mass is 267 g/mol. The van der Waals surface area contributed by atoms with Crippen LogP contribution in [0, 0.1) is 0 Å². The maximum atomic E-state index is 12.0. The molecule has 0 atom stereocenters. The molecule has 18 heavy (non-hydrogen) atoms. The van der Waals surface area contributed by atoms with Crippen molar-refractivity contribution in [2.75, 3.05) is 14.2 Å². The molecule has 0 spiro atoms. The molecule has 1 aromatic heterocycles. The Hall–Kier alpha value is -2.19. The van der Waals surface area contributed by atoms with Gasteiger partial charge in [-0.25, -0.2) is 4.79 Å². The van der Waals surface area contributed by atoms with Crippen molar-refractivity contribution in [3.63, 3.8) is 0 Å². The summed E-state index contributed by atoms with van der Waals surface area (Å²) in [5.41, 5.74) is -1.56. The van der Waals surface area contributed by atoms with Gasteiger partial charge in [-0.05, 0) is 0 Å². The number of aromatic amines is 1. The van der Waals surface area contributed by atoms with Crippen molar-refractivity contribution in [1.29, 1.82) is 0 Å². The Kier molecular flexibility index (Phi) is 3.84. The van der Waals surface area contributed by atoms with Crippen molar-refractivity contribution in [3.8, 4) is 11.6 Å². The summed E-state index contributed by atoms with van der Waals surface area (Å²) in [5, 5.41) is 0. The van der Waals surface area contributed by atoms with Gasteiger partial charge in [0.1, 0.15) is 5.56 Å². The Morgan fingerprint density at radius 1 is 1.33 bits per heavy atom. The molecule has 0 unspecified atom stereocenters. The molecule has 0 amide bonds. The van der Waals surface area contributed by atoms with Gasteiger partial charge in [0.2, 0.25) is 17.1 Å². The largest absolute Gasteiger partial charge is 0.574 e. The fourth-order valence-corrected chi connectivity index (χ4v) is 1.13. The number of H-pyrrole nitrogens is 1. The molecule has 1 rings (SSSR count). The summed E-state index contributed by atoms with van der Waals surface area (Å²) in [6, 6.07) is 0. The summed E-state index contributed by atoms with van der Waals surface area (Å²) in [6.45, 7) is 0. The van der Waals surface area contributed by atoms with Crippen LogP contribution in [0.25, 0.3) is 0 Å². The van der Waals surface area contributed by atoms with E-state index in [0.29, 0.717) is 0 Å². The van der Waals surface area contributed by atoms with Gasteiger partial charge >= 0.3 is 12.3 Å². The van der Waals surface area contributed by atoms with Crippen LogP contribution < -0.4 is 14.9 Å². The fraction of sp³-hybridized carbons (Fsp3) is 0.333. The smallest absolute Gasteiger partial charge is 0.488 e. The molecule has 6 nitrogen and oxygen atoms in total. The van der Waals surface area contributed by atoms with Gasteiger partial charge in [0.25, 0.3) is 0 Å². The molecule has 0 fully saturated rings. The van der Waals surface area contributed by atoms with Crippen LogP contribution in [0.5, 0.6) is 11.6 Å². The van der Waals surface area contributed by atoms with Gasteiger partial charge in [-0.15, -0.1) is 13.2 Å². The van der Waals surface area contributed by atoms with E-state index in [1.807, 2.05) is 4.98 Å². The highest BCUT2D eigenvalue weighted by Gasteiger charge is 2.34. The van der Waals surface area contributed by atoms with Crippen molar-refractivity contribution in [2.24, 2.45) is 0 Å².